The number of likely N-dealkylation sites (tertiary alicyclic amines) is 1. The number of imidazole rings is 1. The molecule has 1 aromatic heterocycles. The molecule has 1 N–H and O–H groups in total. The highest BCUT2D eigenvalue weighted by Gasteiger charge is 2.16. The van der Waals surface area contributed by atoms with E-state index < -0.39 is 0 Å². The van der Waals surface area contributed by atoms with Crippen molar-refractivity contribution < 1.29 is 4.79 Å². The summed E-state index contributed by atoms with van der Waals surface area (Å²) in [6.45, 7) is 3.78. The smallest absolute Gasteiger partial charge is 0.226 e. The van der Waals surface area contributed by atoms with E-state index in [0.29, 0.717) is 6.42 Å². The molecular weight excluding hydrogens is 238 g/mol. The zero-order valence-corrected chi connectivity index (χ0v) is 11.3. The van der Waals surface area contributed by atoms with Gasteiger partial charge in [0.25, 0.3) is 0 Å². The number of aromatic amines is 1. The van der Waals surface area contributed by atoms with E-state index in [9.17, 15) is 4.79 Å². The van der Waals surface area contributed by atoms with Crippen molar-refractivity contribution in [3.8, 4) is 0 Å². The van der Waals surface area contributed by atoms with Crippen LogP contribution in [0.25, 0.3) is 11.0 Å². The summed E-state index contributed by atoms with van der Waals surface area (Å²) in [5.74, 6) is 1.16. The van der Waals surface area contributed by atoms with Crippen LogP contribution >= 0.6 is 0 Å². The Morgan fingerprint density at radius 3 is 2.89 bits per heavy atom. The van der Waals surface area contributed by atoms with Gasteiger partial charge >= 0.3 is 0 Å². The molecule has 100 valence electrons. The molecular formula is C15H19N3O. The molecule has 2 heterocycles. The van der Waals surface area contributed by atoms with Crippen LogP contribution in [0.4, 0.5) is 0 Å². The van der Waals surface area contributed by atoms with Crippen LogP contribution in [0.5, 0.6) is 0 Å². The molecule has 0 aliphatic carbocycles. The highest BCUT2D eigenvalue weighted by Crippen LogP contribution is 2.16. The zero-order chi connectivity index (χ0) is 13.2. The Kier molecular flexibility index (Phi) is 3.23. The monoisotopic (exact) mass is 257 g/mol. The SMILES string of the molecule is Cc1nc2ccc(CC(=O)N3CCCCC3)cc2[nH]1. The summed E-state index contributed by atoms with van der Waals surface area (Å²) in [5.41, 5.74) is 3.04. The van der Waals surface area contributed by atoms with Gasteiger partial charge in [0.15, 0.2) is 0 Å². The first kappa shape index (κ1) is 12.2. The number of fused-ring (bicyclic) bond motifs is 1. The molecule has 1 amide bonds. The number of benzene rings is 1. The third-order valence-electron chi connectivity index (χ3n) is 3.73. The molecule has 3 rings (SSSR count). The molecule has 0 unspecified atom stereocenters. The predicted octanol–water partition coefficient (Wildman–Crippen LogP) is 2.43. The van der Waals surface area contributed by atoms with Gasteiger partial charge in [-0.25, -0.2) is 4.98 Å². The molecule has 2 aromatic rings. The van der Waals surface area contributed by atoms with E-state index in [4.69, 9.17) is 0 Å². The first-order chi connectivity index (χ1) is 9.22. The van der Waals surface area contributed by atoms with E-state index in [0.717, 1.165) is 48.4 Å². The largest absolute Gasteiger partial charge is 0.342 e. The first-order valence-corrected chi connectivity index (χ1v) is 6.95. The van der Waals surface area contributed by atoms with E-state index in [1.165, 1.54) is 6.42 Å². The van der Waals surface area contributed by atoms with Gasteiger partial charge in [-0.05, 0) is 43.9 Å². The molecule has 1 aliphatic rings. The highest BCUT2D eigenvalue weighted by atomic mass is 16.2. The summed E-state index contributed by atoms with van der Waals surface area (Å²) in [6.07, 6.45) is 4.03. The van der Waals surface area contributed by atoms with Crippen LogP contribution in [0.1, 0.15) is 30.7 Å². The van der Waals surface area contributed by atoms with Crippen molar-refractivity contribution in [2.75, 3.05) is 13.1 Å². The Bertz CT molecular complexity index is 596. The van der Waals surface area contributed by atoms with Crippen LogP contribution in [0.3, 0.4) is 0 Å². The summed E-state index contributed by atoms with van der Waals surface area (Å²) in [5, 5.41) is 0. The van der Waals surface area contributed by atoms with Gasteiger partial charge in [-0.2, -0.15) is 0 Å². The van der Waals surface area contributed by atoms with Crippen LogP contribution < -0.4 is 0 Å². The van der Waals surface area contributed by atoms with Gasteiger partial charge in [0.2, 0.25) is 5.91 Å². The number of carbonyl (C=O) groups is 1. The number of amides is 1. The summed E-state index contributed by atoms with van der Waals surface area (Å²) in [7, 11) is 0. The molecule has 1 saturated heterocycles. The Labute approximate surface area is 112 Å². The van der Waals surface area contributed by atoms with Crippen LogP contribution in [-0.2, 0) is 11.2 Å². The fourth-order valence-corrected chi connectivity index (χ4v) is 2.72. The van der Waals surface area contributed by atoms with Gasteiger partial charge in [-0.1, -0.05) is 6.07 Å². The van der Waals surface area contributed by atoms with Crippen LogP contribution in [-0.4, -0.2) is 33.9 Å². The number of piperidine rings is 1. The van der Waals surface area contributed by atoms with Gasteiger partial charge in [0.05, 0.1) is 17.5 Å². The maximum absolute atomic E-state index is 12.2. The van der Waals surface area contributed by atoms with E-state index in [1.807, 2.05) is 30.0 Å². The summed E-state index contributed by atoms with van der Waals surface area (Å²) < 4.78 is 0. The van der Waals surface area contributed by atoms with E-state index >= 15 is 0 Å². The van der Waals surface area contributed by atoms with Gasteiger partial charge in [0, 0.05) is 13.1 Å². The standard InChI is InChI=1S/C15H19N3O/c1-11-16-13-6-5-12(9-14(13)17-11)10-15(19)18-7-3-2-4-8-18/h5-6,9H,2-4,7-8,10H2,1H3,(H,16,17). The molecule has 1 aliphatic heterocycles. The molecule has 19 heavy (non-hydrogen) atoms. The maximum atomic E-state index is 12.2. The minimum atomic E-state index is 0.246. The number of aromatic nitrogens is 2. The molecule has 0 saturated carbocycles. The molecule has 1 fully saturated rings. The van der Waals surface area contributed by atoms with Crippen LogP contribution in [0.15, 0.2) is 18.2 Å². The lowest BCUT2D eigenvalue weighted by Crippen LogP contribution is -2.36. The van der Waals surface area contributed by atoms with Gasteiger partial charge in [-0.3, -0.25) is 4.79 Å². The molecule has 0 spiro atoms. The second kappa shape index (κ2) is 5.03. The number of carbonyl (C=O) groups excluding carboxylic acids is 1. The van der Waals surface area contributed by atoms with Gasteiger partial charge in [-0.15, -0.1) is 0 Å². The van der Waals surface area contributed by atoms with Crippen molar-refractivity contribution in [2.24, 2.45) is 0 Å². The van der Waals surface area contributed by atoms with E-state index in [1.54, 1.807) is 0 Å². The quantitative estimate of drug-likeness (QED) is 0.898. The van der Waals surface area contributed by atoms with Crippen LogP contribution in [0.2, 0.25) is 0 Å². The number of rotatable bonds is 2. The minimum absolute atomic E-state index is 0.246. The van der Waals surface area contributed by atoms with Crippen molar-refractivity contribution in [1.29, 1.82) is 0 Å². The van der Waals surface area contributed by atoms with Crippen molar-refractivity contribution in [2.45, 2.75) is 32.6 Å². The topological polar surface area (TPSA) is 49.0 Å². The molecule has 1 aromatic carbocycles. The first-order valence-electron chi connectivity index (χ1n) is 6.95. The van der Waals surface area contributed by atoms with Crippen LogP contribution in [0, 0.1) is 6.92 Å². The van der Waals surface area contributed by atoms with E-state index in [-0.39, 0.29) is 5.91 Å². The van der Waals surface area contributed by atoms with Gasteiger partial charge in [0.1, 0.15) is 5.82 Å². The van der Waals surface area contributed by atoms with Gasteiger partial charge < -0.3 is 9.88 Å². The predicted molar refractivity (Wildman–Crippen MR) is 75.0 cm³/mol. The Hall–Kier alpha value is -1.84. The highest BCUT2D eigenvalue weighted by molar-refractivity contribution is 5.81. The van der Waals surface area contributed by atoms with Crippen molar-refractivity contribution in [3.63, 3.8) is 0 Å². The summed E-state index contributed by atoms with van der Waals surface area (Å²) in [4.78, 5) is 21.8. The number of nitrogens with one attached hydrogen (secondary N) is 1. The molecule has 0 atom stereocenters. The lowest BCUT2D eigenvalue weighted by atomic mass is 10.1. The molecule has 0 bridgehead atoms. The van der Waals surface area contributed by atoms with Crippen molar-refractivity contribution in [3.05, 3.63) is 29.6 Å². The lowest BCUT2D eigenvalue weighted by Gasteiger charge is -2.26. The van der Waals surface area contributed by atoms with E-state index in [2.05, 4.69) is 9.97 Å². The molecule has 0 radical (unpaired) electrons. The third kappa shape index (κ3) is 2.62. The average Bonchev–Trinajstić information content (AvgIpc) is 2.79. The van der Waals surface area contributed by atoms with Crippen molar-refractivity contribution >= 4 is 16.9 Å². The number of aryl methyl sites for hydroxylation is 1. The Morgan fingerprint density at radius 2 is 2.11 bits per heavy atom. The number of hydrogen-bond acceptors (Lipinski definition) is 2. The summed E-state index contributed by atoms with van der Waals surface area (Å²) >= 11 is 0. The summed E-state index contributed by atoms with van der Waals surface area (Å²) in [6, 6.07) is 6.03. The van der Waals surface area contributed by atoms with Crippen molar-refractivity contribution in [1.82, 2.24) is 14.9 Å². The Morgan fingerprint density at radius 1 is 1.32 bits per heavy atom. The second-order valence-electron chi connectivity index (χ2n) is 5.29. The zero-order valence-electron chi connectivity index (χ0n) is 11.3. The number of H-pyrrole nitrogens is 1. The minimum Gasteiger partial charge on any atom is -0.342 e. The number of nitrogens with zero attached hydrogens (tertiary/aromatic N) is 2. The Balaban J connectivity index is 1.74. The average molecular weight is 257 g/mol. The molecule has 4 nitrogen and oxygen atoms in total. The lowest BCUT2D eigenvalue weighted by molar-refractivity contribution is -0.131. The maximum Gasteiger partial charge on any atom is 0.226 e. The third-order valence-corrected chi connectivity index (χ3v) is 3.73. The fourth-order valence-electron chi connectivity index (χ4n) is 2.72. The second-order valence-corrected chi connectivity index (χ2v) is 5.29. The molecule has 4 heteroatoms. The normalized spacial score (nSPS) is 15.9. The number of hydrogen-bond donors (Lipinski definition) is 1. The fraction of sp³-hybridized carbons (Fsp3) is 0.467.